The number of hydrogen-bond donors (Lipinski definition) is 0. The van der Waals surface area contributed by atoms with Gasteiger partial charge in [-0.2, -0.15) is 0 Å². The van der Waals surface area contributed by atoms with E-state index < -0.39 is 8.53 Å². The topological polar surface area (TPSA) is 21.7 Å². The second kappa shape index (κ2) is 13.0. The van der Waals surface area contributed by atoms with Gasteiger partial charge in [-0.05, 0) is 77.0 Å². The Hall–Kier alpha value is 0.310. The van der Waals surface area contributed by atoms with Crippen LogP contribution in [0.4, 0.5) is 0 Å². The third-order valence-electron chi connectivity index (χ3n) is 7.31. The smallest absolute Gasteiger partial charge is 0.259 e. The van der Waals surface area contributed by atoms with E-state index in [0.717, 1.165) is 18.9 Å². The van der Waals surface area contributed by atoms with E-state index in [2.05, 4.69) is 67.0 Å². The van der Waals surface area contributed by atoms with Crippen molar-refractivity contribution in [3.63, 3.8) is 0 Å². The molecule has 3 nitrogen and oxygen atoms in total. The summed E-state index contributed by atoms with van der Waals surface area (Å²) >= 11 is 0. The van der Waals surface area contributed by atoms with E-state index >= 15 is 0 Å². The van der Waals surface area contributed by atoms with Gasteiger partial charge in [0.25, 0.3) is 8.53 Å². The molecule has 3 unspecified atom stereocenters. The lowest BCUT2D eigenvalue weighted by molar-refractivity contribution is 0.0912. The normalized spacial score (nSPS) is 21.1. The second-order valence-electron chi connectivity index (χ2n) is 10.7. The van der Waals surface area contributed by atoms with E-state index in [9.17, 15) is 0 Å². The summed E-state index contributed by atoms with van der Waals surface area (Å²) in [5.41, 5.74) is 0.710. The van der Waals surface area contributed by atoms with Gasteiger partial charge in [0, 0.05) is 12.1 Å². The first-order valence-electron chi connectivity index (χ1n) is 12.4. The highest BCUT2D eigenvalue weighted by Gasteiger charge is 2.34. The summed E-state index contributed by atoms with van der Waals surface area (Å²) in [5.74, 6) is 0.973. The third kappa shape index (κ3) is 9.14. The van der Waals surface area contributed by atoms with Crippen molar-refractivity contribution in [1.82, 2.24) is 4.67 Å². The van der Waals surface area contributed by atoms with Crippen molar-refractivity contribution >= 4 is 8.53 Å². The molecule has 0 N–H and O–H groups in total. The zero-order valence-electron chi connectivity index (χ0n) is 21.2. The van der Waals surface area contributed by atoms with Gasteiger partial charge >= 0.3 is 0 Å². The predicted molar refractivity (Wildman–Crippen MR) is 129 cm³/mol. The monoisotopic (exact) mass is 429 g/mol. The Morgan fingerprint density at radius 3 is 1.83 bits per heavy atom. The van der Waals surface area contributed by atoms with Crippen LogP contribution < -0.4 is 0 Å². The SMILES string of the molecule is CCOP(OCC(C)(CC)CCC(C)(CC)CC1CCCC1)N(C(C)C)C(C)C. The van der Waals surface area contributed by atoms with Crippen molar-refractivity contribution in [2.24, 2.45) is 16.7 Å². The Balaban J connectivity index is 2.71. The van der Waals surface area contributed by atoms with E-state index in [1.54, 1.807) is 0 Å². The van der Waals surface area contributed by atoms with Crippen molar-refractivity contribution < 1.29 is 9.05 Å². The zero-order valence-corrected chi connectivity index (χ0v) is 22.1. The van der Waals surface area contributed by atoms with Crippen LogP contribution in [-0.4, -0.2) is 30.0 Å². The molecule has 0 aliphatic heterocycles. The number of rotatable bonds is 15. The fraction of sp³-hybridized carbons (Fsp3) is 1.00. The second-order valence-corrected chi connectivity index (χ2v) is 12.1. The minimum Gasteiger partial charge on any atom is -0.322 e. The average Bonchev–Trinajstić information content (AvgIpc) is 3.17. The van der Waals surface area contributed by atoms with Crippen LogP contribution in [0, 0.1) is 16.7 Å². The molecule has 1 fully saturated rings. The Labute approximate surface area is 184 Å². The highest BCUT2D eigenvalue weighted by Crippen LogP contribution is 2.49. The summed E-state index contributed by atoms with van der Waals surface area (Å²) in [6.07, 6.45) is 12.3. The Morgan fingerprint density at radius 2 is 1.38 bits per heavy atom. The first-order valence-corrected chi connectivity index (χ1v) is 13.6. The van der Waals surface area contributed by atoms with Crippen LogP contribution in [0.2, 0.25) is 0 Å². The lowest BCUT2D eigenvalue weighted by atomic mass is 9.71. The van der Waals surface area contributed by atoms with E-state index in [-0.39, 0.29) is 5.41 Å². The van der Waals surface area contributed by atoms with Crippen LogP contribution in [0.5, 0.6) is 0 Å². The van der Waals surface area contributed by atoms with E-state index in [4.69, 9.17) is 9.05 Å². The minimum absolute atomic E-state index is 0.226. The van der Waals surface area contributed by atoms with E-state index in [1.165, 1.54) is 51.4 Å². The lowest BCUT2D eigenvalue weighted by Gasteiger charge is -2.39. The third-order valence-corrected chi connectivity index (χ3v) is 9.44. The average molecular weight is 430 g/mol. The summed E-state index contributed by atoms with van der Waals surface area (Å²) in [6, 6.07) is 0.852. The Kier molecular flexibility index (Phi) is 12.3. The van der Waals surface area contributed by atoms with Gasteiger partial charge in [-0.3, -0.25) is 0 Å². The molecule has 0 radical (unpaired) electrons. The Morgan fingerprint density at radius 1 is 0.862 bits per heavy atom. The molecule has 0 aromatic rings. The van der Waals surface area contributed by atoms with Gasteiger partial charge in [0.2, 0.25) is 0 Å². The van der Waals surface area contributed by atoms with E-state index in [0.29, 0.717) is 24.1 Å². The molecule has 1 rings (SSSR count). The number of nitrogens with zero attached hydrogens (tertiary/aromatic N) is 1. The first kappa shape index (κ1) is 27.3. The quantitative estimate of drug-likeness (QED) is 0.243. The lowest BCUT2D eigenvalue weighted by Crippen LogP contribution is -2.35. The molecule has 29 heavy (non-hydrogen) atoms. The highest BCUT2D eigenvalue weighted by atomic mass is 31.2. The molecule has 0 heterocycles. The van der Waals surface area contributed by atoms with Gasteiger partial charge in [-0.25, -0.2) is 4.67 Å². The van der Waals surface area contributed by atoms with Crippen molar-refractivity contribution in [2.45, 2.75) is 132 Å². The Bertz CT molecular complexity index is 431. The van der Waals surface area contributed by atoms with E-state index in [1.807, 2.05) is 0 Å². The van der Waals surface area contributed by atoms with Crippen molar-refractivity contribution in [1.29, 1.82) is 0 Å². The zero-order chi connectivity index (χ0) is 22.1. The van der Waals surface area contributed by atoms with Crippen LogP contribution in [0.25, 0.3) is 0 Å². The fourth-order valence-electron chi connectivity index (χ4n) is 4.75. The maximum absolute atomic E-state index is 6.52. The van der Waals surface area contributed by atoms with Gasteiger partial charge < -0.3 is 9.05 Å². The summed E-state index contributed by atoms with van der Waals surface area (Å²) in [4.78, 5) is 0. The largest absolute Gasteiger partial charge is 0.322 e. The summed E-state index contributed by atoms with van der Waals surface area (Å²) in [7, 11) is -0.993. The van der Waals surface area contributed by atoms with Gasteiger partial charge in [-0.15, -0.1) is 0 Å². The molecule has 0 saturated heterocycles. The molecule has 0 amide bonds. The van der Waals surface area contributed by atoms with Crippen LogP contribution >= 0.6 is 8.53 Å². The molecule has 1 aliphatic rings. The minimum atomic E-state index is -0.993. The van der Waals surface area contributed by atoms with Gasteiger partial charge in [0.15, 0.2) is 0 Å². The van der Waals surface area contributed by atoms with Gasteiger partial charge in [-0.1, -0.05) is 59.8 Å². The molecule has 1 aliphatic carbocycles. The van der Waals surface area contributed by atoms with Crippen LogP contribution in [0.3, 0.4) is 0 Å². The molecule has 1 saturated carbocycles. The van der Waals surface area contributed by atoms with Crippen molar-refractivity contribution in [3.8, 4) is 0 Å². The summed E-state index contributed by atoms with van der Waals surface area (Å²) in [5, 5.41) is 0. The molecule has 3 atom stereocenters. The first-order chi connectivity index (χ1) is 13.6. The van der Waals surface area contributed by atoms with Gasteiger partial charge in [0.05, 0.1) is 13.2 Å². The molecule has 0 bridgehead atoms. The predicted octanol–water partition coefficient (Wildman–Crippen LogP) is 8.58. The van der Waals surface area contributed by atoms with Crippen LogP contribution in [0.15, 0.2) is 0 Å². The molecule has 0 spiro atoms. The van der Waals surface area contributed by atoms with Crippen LogP contribution in [-0.2, 0) is 9.05 Å². The molecule has 174 valence electrons. The highest BCUT2D eigenvalue weighted by molar-refractivity contribution is 7.44. The molecule has 0 aromatic heterocycles. The van der Waals surface area contributed by atoms with Crippen molar-refractivity contribution in [3.05, 3.63) is 0 Å². The van der Waals surface area contributed by atoms with Gasteiger partial charge in [0.1, 0.15) is 0 Å². The maximum Gasteiger partial charge on any atom is 0.259 e. The van der Waals surface area contributed by atoms with Crippen molar-refractivity contribution in [2.75, 3.05) is 13.2 Å². The maximum atomic E-state index is 6.52. The molecule has 4 heteroatoms. The van der Waals surface area contributed by atoms with Crippen LogP contribution in [0.1, 0.15) is 120 Å². The molecule has 0 aromatic carbocycles. The number of hydrogen-bond acceptors (Lipinski definition) is 3. The summed E-state index contributed by atoms with van der Waals surface area (Å²) < 4.78 is 15.0. The summed E-state index contributed by atoms with van der Waals surface area (Å²) in [6.45, 7) is 22.2. The standard InChI is InChI=1S/C25H52NO2P/c1-10-24(8,19-23-15-13-14-16-23)17-18-25(9,11-2)20-28-29(27-12-3)26(21(4)5)22(6)7/h21-23H,10-20H2,1-9H3. The fourth-order valence-corrected chi connectivity index (χ4v) is 6.49. The molecular formula is C25H52NO2P. The molecular weight excluding hydrogens is 377 g/mol.